The van der Waals surface area contributed by atoms with Crippen LogP contribution >= 0.6 is 11.6 Å². The summed E-state index contributed by atoms with van der Waals surface area (Å²) in [6, 6.07) is 17.3. The number of ether oxygens (including phenoxy) is 3. The third-order valence-electron chi connectivity index (χ3n) is 10.3. The van der Waals surface area contributed by atoms with E-state index in [0.717, 1.165) is 43.7 Å². The van der Waals surface area contributed by atoms with Crippen molar-refractivity contribution in [2.45, 2.75) is 117 Å². The van der Waals surface area contributed by atoms with Crippen molar-refractivity contribution < 1.29 is 46.9 Å². The Kier molecular flexibility index (Phi) is 15.5. The second-order valence-electron chi connectivity index (χ2n) is 14.5. The summed E-state index contributed by atoms with van der Waals surface area (Å²) in [7, 11) is 0. The Bertz CT molecular complexity index is 1590. The molecule has 0 saturated carbocycles. The predicted octanol–water partition coefficient (Wildman–Crippen LogP) is 11.0. The summed E-state index contributed by atoms with van der Waals surface area (Å²) >= 11 is 6.54. The molecule has 0 aromatic heterocycles. The van der Waals surface area contributed by atoms with Gasteiger partial charge in [-0.05, 0) is 132 Å². The molecule has 7 heteroatoms. The molecule has 0 bridgehead atoms. The van der Waals surface area contributed by atoms with E-state index < -0.39 is 0 Å². The van der Waals surface area contributed by atoms with Crippen LogP contribution in [0.2, 0.25) is 5.02 Å². The molecule has 3 aliphatic rings. The van der Waals surface area contributed by atoms with Crippen LogP contribution in [0, 0.1) is 13.8 Å². The summed E-state index contributed by atoms with van der Waals surface area (Å²) in [5.74, 6) is 2.32. The summed E-state index contributed by atoms with van der Waals surface area (Å²) < 4.78 is 18.5. The largest absolute Gasteiger partial charge is 0.551 e. The molecule has 1 radical (unpaired) electrons. The van der Waals surface area contributed by atoms with Gasteiger partial charge in [0.15, 0.2) is 0 Å². The van der Waals surface area contributed by atoms with Crippen LogP contribution in [0.3, 0.4) is 0 Å². The molecule has 3 aromatic carbocycles. The second-order valence-corrected chi connectivity index (χ2v) is 14.9. The Morgan fingerprint density at radius 2 is 1.78 bits per heavy atom. The first-order valence-electron chi connectivity index (χ1n) is 18.6. The van der Waals surface area contributed by atoms with Crippen LogP contribution in [0.15, 0.2) is 60.3 Å². The van der Waals surface area contributed by atoms with Crippen LogP contribution in [0.5, 0.6) is 17.2 Å². The maximum atomic E-state index is 6.54. The topological polar surface area (TPSA) is 43.0 Å². The van der Waals surface area contributed by atoms with Crippen molar-refractivity contribution in [3.63, 3.8) is 0 Å². The molecule has 1 N–H and O–H groups in total. The fourth-order valence-electron chi connectivity index (χ4n) is 7.49. The minimum absolute atomic E-state index is 0. The number of allylic oxidation sites excluding steroid dienone is 2. The monoisotopic (exact) mass is 774 g/mol. The van der Waals surface area contributed by atoms with Gasteiger partial charge in [-0.3, -0.25) is 4.90 Å². The Morgan fingerprint density at radius 3 is 2.48 bits per heavy atom. The first kappa shape index (κ1) is 40.6. The van der Waals surface area contributed by atoms with Gasteiger partial charge in [-0.2, -0.15) is 12.5 Å². The second kappa shape index (κ2) is 19.1. The Morgan fingerprint density at radius 1 is 1.00 bits per heavy atom. The van der Waals surface area contributed by atoms with Crippen LogP contribution in [0.4, 0.5) is 0 Å². The molecular weight excluding hydrogens is 717 g/mol. The van der Waals surface area contributed by atoms with E-state index in [1.807, 2.05) is 19.1 Å². The molecule has 3 aromatic rings. The van der Waals surface area contributed by atoms with Gasteiger partial charge in [0.05, 0.1) is 13.2 Å². The molecule has 2 heterocycles. The normalized spacial score (nSPS) is 20.0. The van der Waals surface area contributed by atoms with Crippen LogP contribution in [0.1, 0.15) is 114 Å². The SMILES string of the molecule is CCC/C=C1/CCC(C)N1.[CH2-]c1cc(Cl)c(O[C@H]2CCc3c(-c4cccc(OCCCN5CCCC5(C)C)c4C)cccc32)cc1OCC.[Y]. The van der Waals surface area contributed by atoms with Crippen molar-refractivity contribution in [2.24, 2.45) is 0 Å². The van der Waals surface area contributed by atoms with Crippen molar-refractivity contribution >= 4 is 11.6 Å². The third kappa shape index (κ3) is 10.2. The molecule has 2 saturated heterocycles. The van der Waals surface area contributed by atoms with E-state index in [4.69, 9.17) is 25.8 Å². The first-order valence-corrected chi connectivity index (χ1v) is 19.0. The number of rotatable bonds is 12. The number of hydrogen-bond donors (Lipinski definition) is 1. The minimum atomic E-state index is -0.0582. The van der Waals surface area contributed by atoms with Gasteiger partial charge in [0.1, 0.15) is 17.6 Å². The van der Waals surface area contributed by atoms with Crippen molar-refractivity contribution in [3.05, 3.63) is 94.5 Å². The molecule has 6 rings (SSSR count). The Balaban J connectivity index is 0.000000441. The smallest absolute Gasteiger partial charge is 0.124 e. The van der Waals surface area contributed by atoms with Gasteiger partial charge in [0.2, 0.25) is 0 Å². The number of nitrogens with one attached hydrogen (secondary N) is 1. The van der Waals surface area contributed by atoms with Gasteiger partial charge >= 0.3 is 0 Å². The fraction of sp³-hybridized carbons (Fsp3) is 0.512. The van der Waals surface area contributed by atoms with E-state index in [1.165, 1.54) is 78.6 Å². The molecule has 50 heavy (non-hydrogen) atoms. The van der Waals surface area contributed by atoms with Gasteiger partial charge in [-0.25, -0.2) is 0 Å². The number of likely N-dealkylation sites (tertiary alicyclic amines) is 1. The summed E-state index contributed by atoms with van der Waals surface area (Å²) in [4.78, 5) is 2.60. The quantitative estimate of drug-likeness (QED) is 0.147. The standard InChI is InChI=1S/C34H41ClNO3.C9H17N.Y/c1-6-37-32-22-33(29(35)21-23(32)2)39-31-16-15-27-26(12-7-13-28(27)31)25-11-8-14-30(24(25)3)38-20-10-19-36-18-9-17-34(36,4)5;1-3-4-5-9-7-6-8(2)10-9;/h7-8,11-14,21-22,31H,2,6,9-10,15-20H2,1,3-5H3;5,8,10H,3-4,6-7H2,1-2H3;/q-1;;/b;9-5-;/t31-;;/m0../s1. The Hall–Kier alpha value is -2.18. The number of nitrogens with zero attached hydrogens (tertiary/aromatic N) is 1. The molecule has 5 nitrogen and oxygen atoms in total. The average Bonchev–Trinajstić information content (AvgIpc) is 3.79. The molecule has 0 amide bonds. The fourth-order valence-corrected chi connectivity index (χ4v) is 7.72. The van der Waals surface area contributed by atoms with Gasteiger partial charge in [0, 0.05) is 67.3 Å². The number of benzene rings is 3. The van der Waals surface area contributed by atoms with Crippen molar-refractivity contribution in [1.82, 2.24) is 10.2 Å². The molecule has 2 fully saturated rings. The van der Waals surface area contributed by atoms with Crippen LogP contribution in [-0.2, 0) is 39.1 Å². The maximum Gasteiger partial charge on any atom is 0.124 e. The molecule has 2 atom stereocenters. The number of fused-ring (bicyclic) bond motifs is 1. The number of hydrogen-bond acceptors (Lipinski definition) is 5. The van der Waals surface area contributed by atoms with E-state index in [1.54, 1.807) is 0 Å². The van der Waals surface area contributed by atoms with Crippen molar-refractivity contribution in [1.29, 1.82) is 0 Å². The molecular formula is C43H58ClN2O3Y-. The number of halogens is 1. The number of unbranched alkanes of at least 4 members (excludes halogenated alkanes) is 1. The van der Waals surface area contributed by atoms with E-state index in [0.29, 0.717) is 34.7 Å². The molecule has 1 aliphatic carbocycles. The van der Waals surface area contributed by atoms with E-state index >= 15 is 0 Å². The van der Waals surface area contributed by atoms with Gasteiger partial charge in [-0.1, -0.05) is 61.4 Å². The molecule has 2 aliphatic heterocycles. The van der Waals surface area contributed by atoms with Crippen molar-refractivity contribution in [2.75, 3.05) is 26.3 Å². The van der Waals surface area contributed by atoms with Crippen LogP contribution in [0.25, 0.3) is 11.1 Å². The summed E-state index contributed by atoms with van der Waals surface area (Å²) in [5, 5.41) is 4.01. The van der Waals surface area contributed by atoms with E-state index in [9.17, 15) is 0 Å². The van der Waals surface area contributed by atoms with Gasteiger partial charge in [-0.15, -0.1) is 6.07 Å². The zero-order chi connectivity index (χ0) is 35.0. The molecule has 1 unspecified atom stereocenters. The molecule has 0 spiro atoms. The van der Waals surface area contributed by atoms with Crippen LogP contribution < -0.4 is 19.5 Å². The zero-order valence-corrected chi connectivity index (χ0v) is 35.0. The zero-order valence-electron chi connectivity index (χ0n) is 31.4. The summed E-state index contributed by atoms with van der Waals surface area (Å²) in [6.45, 7) is 20.9. The van der Waals surface area contributed by atoms with Crippen LogP contribution in [-0.4, -0.2) is 42.8 Å². The Labute approximate surface area is 332 Å². The third-order valence-corrected chi connectivity index (χ3v) is 10.6. The van der Waals surface area contributed by atoms with E-state index in [-0.39, 0.29) is 38.8 Å². The summed E-state index contributed by atoms with van der Waals surface area (Å²) in [6.07, 6.45) is 12.8. The van der Waals surface area contributed by atoms with Crippen molar-refractivity contribution in [3.8, 4) is 28.4 Å². The van der Waals surface area contributed by atoms with Gasteiger partial charge in [0.25, 0.3) is 0 Å². The molecule has 269 valence electrons. The van der Waals surface area contributed by atoms with Gasteiger partial charge < -0.3 is 19.5 Å². The summed E-state index contributed by atoms with van der Waals surface area (Å²) in [5.41, 5.74) is 8.78. The minimum Gasteiger partial charge on any atom is -0.551 e. The maximum absolute atomic E-state index is 6.54. The first-order chi connectivity index (χ1) is 23.6. The van der Waals surface area contributed by atoms with E-state index in [2.05, 4.69) is 94.2 Å². The predicted molar refractivity (Wildman–Crippen MR) is 205 cm³/mol. The average molecular weight is 775 g/mol.